The normalized spacial score (nSPS) is 18.6. The lowest BCUT2D eigenvalue weighted by Gasteiger charge is -2.23. The number of H-pyrrole nitrogens is 1. The molecule has 0 aliphatic heterocycles. The van der Waals surface area contributed by atoms with E-state index < -0.39 is 0 Å². The molecule has 0 atom stereocenters. The molecule has 2 rings (SSSR count). The molecule has 1 heterocycles. The highest BCUT2D eigenvalue weighted by atomic mass is 16.2. The molecule has 0 bridgehead atoms. The molecule has 1 saturated carbocycles. The Bertz CT molecular complexity index is 380. The van der Waals surface area contributed by atoms with E-state index in [1.54, 1.807) is 0 Å². The number of anilines is 1. The predicted octanol–water partition coefficient (Wildman–Crippen LogP) is 0.697. The predicted molar refractivity (Wildman–Crippen MR) is 59.7 cm³/mol. The van der Waals surface area contributed by atoms with Gasteiger partial charge >= 0.3 is 0 Å². The van der Waals surface area contributed by atoms with Gasteiger partial charge < -0.3 is 11.1 Å². The number of nitrogens with zero attached hydrogens (tertiary/aromatic N) is 2. The monoisotopic (exact) mass is 223 g/mol. The zero-order valence-corrected chi connectivity index (χ0v) is 9.42. The molecule has 0 unspecified atom stereocenters. The van der Waals surface area contributed by atoms with Crippen LogP contribution in [-0.2, 0) is 0 Å². The third-order valence-corrected chi connectivity index (χ3v) is 3.20. The van der Waals surface area contributed by atoms with Crippen LogP contribution < -0.4 is 11.1 Å². The topological polar surface area (TPSA) is 96.7 Å². The molecular formula is C10H17N5O. The Hall–Kier alpha value is -1.59. The largest absolute Gasteiger partial charge is 0.366 e. The fraction of sp³-hybridized carbons (Fsp3) is 0.700. The van der Waals surface area contributed by atoms with Gasteiger partial charge in [-0.25, -0.2) is 0 Å². The van der Waals surface area contributed by atoms with Crippen molar-refractivity contribution in [1.29, 1.82) is 0 Å². The van der Waals surface area contributed by atoms with E-state index in [0.717, 1.165) is 0 Å². The van der Waals surface area contributed by atoms with Crippen LogP contribution in [0.2, 0.25) is 0 Å². The van der Waals surface area contributed by atoms with Gasteiger partial charge in [-0.3, -0.25) is 9.89 Å². The summed E-state index contributed by atoms with van der Waals surface area (Å²) in [6, 6.07) is 0. The second-order valence-corrected chi connectivity index (χ2v) is 4.74. The van der Waals surface area contributed by atoms with Gasteiger partial charge in [0.2, 0.25) is 11.8 Å². The van der Waals surface area contributed by atoms with E-state index in [0.29, 0.717) is 6.54 Å². The number of nitrogen functional groups attached to an aromatic ring is 1. The van der Waals surface area contributed by atoms with Gasteiger partial charge in [0.05, 0.1) is 0 Å². The van der Waals surface area contributed by atoms with E-state index in [1.807, 2.05) is 0 Å². The Morgan fingerprint density at radius 3 is 2.81 bits per heavy atom. The van der Waals surface area contributed by atoms with Crippen LogP contribution in [0.1, 0.15) is 43.2 Å². The molecular weight excluding hydrogens is 206 g/mol. The fourth-order valence-corrected chi connectivity index (χ4v) is 2.16. The molecule has 1 aromatic rings. The smallest absolute Gasteiger partial charge is 0.288 e. The zero-order valence-electron chi connectivity index (χ0n) is 9.42. The van der Waals surface area contributed by atoms with E-state index in [-0.39, 0.29) is 23.1 Å². The lowest BCUT2D eigenvalue weighted by molar-refractivity contribution is 0.0924. The van der Waals surface area contributed by atoms with Crippen LogP contribution in [0.25, 0.3) is 0 Å². The van der Waals surface area contributed by atoms with Crippen LogP contribution in [0.3, 0.4) is 0 Å². The third-order valence-electron chi connectivity index (χ3n) is 3.20. The summed E-state index contributed by atoms with van der Waals surface area (Å²) in [4.78, 5) is 15.4. The molecule has 0 aromatic carbocycles. The maximum atomic E-state index is 11.7. The number of aromatic nitrogens is 3. The van der Waals surface area contributed by atoms with Crippen LogP contribution in [0.15, 0.2) is 0 Å². The Morgan fingerprint density at radius 1 is 1.56 bits per heavy atom. The third kappa shape index (κ3) is 2.32. The number of nitrogens with one attached hydrogen (secondary N) is 2. The van der Waals surface area contributed by atoms with Gasteiger partial charge in [-0.2, -0.15) is 4.98 Å². The Labute approximate surface area is 94.0 Å². The van der Waals surface area contributed by atoms with Gasteiger partial charge in [0.1, 0.15) is 0 Å². The van der Waals surface area contributed by atoms with Gasteiger partial charge in [-0.05, 0) is 18.3 Å². The second kappa shape index (κ2) is 4.11. The van der Waals surface area contributed by atoms with Gasteiger partial charge in [-0.15, -0.1) is 5.10 Å². The molecule has 1 aliphatic carbocycles. The van der Waals surface area contributed by atoms with Crippen molar-refractivity contribution in [1.82, 2.24) is 20.5 Å². The summed E-state index contributed by atoms with van der Waals surface area (Å²) in [6.45, 7) is 2.89. The highest BCUT2D eigenvalue weighted by molar-refractivity contribution is 5.90. The van der Waals surface area contributed by atoms with E-state index in [1.165, 1.54) is 25.7 Å². The number of carbonyl (C=O) groups excluding carboxylic acids is 1. The molecule has 0 radical (unpaired) electrons. The average molecular weight is 223 g/mol. The first-order chi connectivity index (χ1) is 7.59. The van der Waals surface area contributed by atoms with Gasteiger partial charge in [0.25, 0.3) is 5.91 Å². The molecule has 0 spiro atoms. The van der Waals surface area contributed by atoms with Crippen molar-refractivity contribution in [2.45, 2.75) is 32.6 Å². The first-order valence-electron chi connectivity index (χ1n) is 5.55. The summed E-state index contributed by atoms with van der Waals surface area (Å²) >= 11 is 0. The molecule has 1 aromatic heterocycles. The minimum Gasteiger partial charge on any atom is -0.366 e. The Balaban J connectivity index is 1.88. The van der Waals surface area contributed by atoms with Gasteiger partial charge in [0, 0.05) is 6.54 Å². The molecule has 6 nitrogen and oxygen atoms in total. The van der Waals surface area contributed by atoms with E-state index in [2.05, 4.69) is 27.4 Å². The molecule has 4 N–H and O–H groups in total. The van der Waals surface area contributed by atoms with Gasteiger partial charge in [-0.1, -0.05) is 19.8 Å². The van der Waals surface area contributed by atoms with Crippen LogP contribution >= 0.6 is 0 Å². The maximum Gasteiger partial charge on any atom is 0.288 e. The maximum absolute atomic E-state index is 11.7. The number of nitrogens with two attached hydrogens (primary N) is 1. The Morgan fingerprint density at radius 2 is 2.25 bits per heavy atom. The number of aromatic amines is 1. The minimum atomic E-state index is -0.239. The Kier molecular flexibility index (Phi) is 2.80. The van der Waals surface area contributed by atoms with Crippen molar-refractivity contribution in [3.05, 3.63) is 5.82 Å². The van der Waals surface area contributed by atoms with Crippen molar-refractivity contribution in [3.8, 4) is 0 Å². The molecule has 0 saturated heterocycles. The molecule has 1 amide bonds. The van der Waals surface area contributed by atoms with Crippen LogP contribution in [0, 0.1) is 5.41 Å². The molecule has 1 fully saturated rings. The quantitative estimate of drug-likeness (QED) is 0.702. The molecule has 6 heteroatoms. The lowest BCUT2D eigenvalue weighted by Crippen LogP contribution is -2.34. The van der Waals surface area contributed by atoms with Gasteiger partial charge in [0.15, 0.2) is 0 Å². The number of hydrogen-bond donors (Lipinski definition) is 3. The number of amides is 1. The van der Waals surface area contributed by atoms with E-state index >= 15 is 0 Å². The van der Waals surface area contributed by atoms with Crippen molar-refractivity contribution >= 4 is 11.9 Å². The fourth-order valence-electron chi connectivity index (χ4n) is 2.16. The first-order valence-corrected chi connectivity index (χ1v) is 5.55. The number of carbonyl (C=O) groups is 1. The summed E-state index contributed by atoms with van der Waals surface area (Å²) in [7, 11) is 0. The highest BCUT2D eigenvalue weighted by Gasteiger charge is 2.29. The molecule has 1 aliphatic rings. The van der Waals surface area contributed by atoms with Crippen LogP contribution in [0.4, 0.5) is 5.95 Å². The SMILES string of the molecule is CC1(CNC(=O)c2nc(N)n[nH]2)CCCC1. The minimum absolute atomic E-state index is 0.0947. The highest BCUT2D eigenvalue weighted by Crippen LogP contribution is 2.36. The van der Waals surface area contributed by atoms with Crippen LogP contribution in [-0.4, -0.2) is 27.6 Å². The van der Waals surface area contributed by atoms with Crippen molar-refractivity contribution in [2.24, 2.45) is 5.41 Å². The van der Waals surface area contributed by atoms with E-state index in [4.69, 9.17) is 5.73 Å². The summed E-state index contributed by atoms with van der Waals surface area (Å²) in [5, 5.41) is 8.98. The summed E-state index contributed by atoms with van der Waals surface area (Å²) in [6.07, 6.45) is 4.85. The summed E-state index contributed by atoms with van der Waals surface area (Å²) in [5.74, 6) is 0.0358. The summed E-state index contributed by atoms with van der Waals surface area (Å²) in [5.41, 5.74) is 5.56. The van der Waals surface area contributed by atoms with Crippen LogP contribution in [0.5, 0.6) is 0 Å². The lowest BCUT2D eigenvalue weighted by atomic mass is 9.89. The first kappa shape index (κ1) is 10.9. The number of rotatable bonds is 3. The van der Waals surface area contributed by atoms with E-state index in [9.17, 15) is 4.79 Å². The zero-order chi connectivity index (χ0) is 11.6. The average Bonchev–Trinajstić information content (AvgIpc) is 2.85. The standard InChI is InChI=1S/C10H17N5O/c1-10(4-2-3-5-10)6-12-8(16)7-13-9(11)15-14-7/h2-6H2,1H3,(H,12,16)(H3,11,13,14,15). The number of hydrogen-bond acceptors (Lipinski definition) is 4. The van der Waals surface area contributed by atoms with Crippen molar-refractivity contribution in [2.75, 3.05) is 12.3 Å². The van der Waals surface area contributed by atoms with Crippen molar-refractivity contribution < 1.29 is 4.79 Å². The molecule has 88 valence electrons. The summed E-state index contributed by atoms with van der Waals surface area (Å²) < 4.78 is 0. The second-order valence-electron chi connectivity index (χ2n) is 4.74. The molecule has 16 heavy (non-hydrogen) atoms. The van der Waals surface area contributed by atoms with Crippen molar-refractivity contribution in [3.63, 3.8) is 0 Å².